The van der Waals surface area contributed by atoms with E-state index in [2.05, 4.69) is 29.0 Å². The number of alkyl halides is 3. The number of hydrogen-bond acceptors (Lipinski definition) is 6. The molecule has 4 heterocycles. The number of thiazole rings is 2. The third kappa shape index (κ3) is 4.81. The van der Waals surface area contributed by atoms with Crippen LogP contribution >= 0.6 is 22.7 Å². The second-order valence-electron chi connectivity index (χ2n) is 9.32. The lowest BCUT2D eigenvalue weighted by Crippen LogP contribution is -2.40. The quantitative estimate of drug-likeness (QED) is 0.319. The van der Waals surface area contributed by atoms with E-state index in [4.69, 9.17) is 10.8 Å². The van der Waals surface area contributed by atoms with Gasteiger partial charge in [-0.05, 0) is 38.2 Å². The van der Waals surface area contributed by atoms with Crippen molar-refractivity contribution in [1.82, 2.24) is 19.3 Å². The summed E-state index contributed by atoms with van der Waals surface area (Å²) in [4.78, 5) is 34.5. The first-order chi connectivity index (χ1) is 18.0. The number of nitrogens with zero attached hydrogens (tertiary/aromatic N) is 4. The van der Waals surface area contributed by atoms with Crippen LogP contribution in [0.15, 0.2) is 35.8 Å². The van der Waals surface area contributed by atoms with Crippen molar-refractivity contribution in [3.63, 3.8) is 0 Å². The lowest BCUT2D eigenvalue weighted by Gasteiger charge is -2.29. The standard InChI is InChI=1S/C18H20N3OS.C7H3F3N2O2S/c1-10-4-3-5-12(6-10)17-16(20-11(2)23-17)18(22)21-14(9-19)7-13-8-15(13)21;8-7(9,10)4-3(5(13)14)12-1-2-15-6(12)11-4/h3-6,13-15,19H,7-9H2,1-2H3;1-2H,(H,13,14)/q-1;/t13-,14+,15+;/m1./s1. The molecule has 200 valence electrons. The SMILES string of the molecule is Cc1cccc(-c2sc(C)nc2C(=O)N2[C@H](C[NH-])C[C@@H]3C[C@@H]32)c1.O=C(O)c1c(C(F)(F)F)nc2sccn12. The molecule has 0 bridgehead atoms. The number of fused-ring (bicyclic) bond motifs is 2. The number of aromatic carboxylic acids is 1. The van der Waals surface area contributed by atoms with E-state index in [1.165, 1.54) is 17.1 Å². The second-order valence-corrected chi connectivity index (χ2v) is 11.4. The van der Waals surface area contributed by atoms with Crippen molar-refractivity contribution >= 4 is 39.5 Å². The van der Waals surface area contributed by atoms with Crippen LogP contribution in [0.2, 0.25) is 0 Å². The third-order valence-electron chi connectivity index (χ3n) is 6.63. The highest BCUT2D eigenvalue weighted by atomic mass is 32.1. The van der Waals surface area contributed by atoms with Gasteiger partial charge in [-0.2, -0.15) is 13.2 Å². The van der Waals surface area contributed by atoms with Crippen LogP contribution in [0.25, 0.3) is 21.1 Å². The highest BCUT2D eigenvalue weighted by molar-refractivity contribution is 7.15. The molecule has 13 heteroatoms. The number of aryl methyl sites for hydroxylation is 2. The number of rotatable bonds is 4. The Balaban J connectivity index is 0.000000170. The highest BCUT2D eigenvalue weighted by Gasteiger charge is 2.53. The maximum atomic E-state index is 13.1. The van der Waals surface area contributed by atoms with Gasteiger partial charge in [0.05, 0.1) is 9.88 Å². The summed E-state index contributed by atoms with van der Waals surface area (Å²) in [5, 5.41) is 11.1. The highest BCUT2D eigenvalue weighted by Crippen LogP contribution is 2.49. The van der Waals surface area contributed by atoms with Crippen LogP contribution in [0.4, 0.5) is 13.2 Å². The molecule has 1 saturated carbocycles. The maximum Gasteiger partial charge on any atom is 0.435 e. The number of piperidine rings is 1. The van der Waals surface area contributed by atoms with Gasteiger partial charge in [0.25, 0.3) is 5.91 Å². The van der Waals surface area contributed by atoms with Gasteiger partial charge in [0.15, 0.2) is 16.3 Å². The molecule has 2 aliphatic rings. The first-order valence-corrected chi connectivity index (χ1v) is 13.5. The third-order valence-corrected chi connectivity index (χ3v) is 8.41. The normalized spacial score (nSPS) is 20.3. The summed E-state index contributed by atoms with van der Waals surface area (Å²) in [7, 11) is 0. The van der Waals surface area contributed by atoms with E-state index in [0.29, 0.717) is 24.2 Å². The number of carboxylic acids is 1. The van der Waals surface area contributed by atoms with Gasteiger partial charge in [-0.25, -0.2) is 14.8 Å². The molecule has 2 fully saturated rings. The zero-order valence-corrected chi connectivity index (χ0v) is 22.0. The lowest BCUT2D eigenvalue weighted by atomic mass is 10.1. The van der Waals surface area contributed by atoms with Gasteiger partial charge in [-0.1, -0.05) is 29.8 Å². The Labute approximate surface area is 223 Å². The van der Waals surface area contributed by atoms with Gasteiger partial charge in [-0.3, -0.25) is 9.20 Å². The number of nitrogens with one attached hydrogen (secondary N) is 1. The Bertz CT molecular complexity index is 1530. The molecule has 0 radical (unpaired) electrons. The Hall–Kier alpha value is -3.29. The number of likely N-dealkylation sites (tertiary alicyclic amines) is 1. The number of carboxylic acid groups (broad SMARTS) is 1. The molecule has 1 aliphatic carbocycles. The summed E-state index contributed by atoms with van der Waals surface area (Å²) in [6.07, 6.45) is -1.42. The number of carbonyl (C=O) groups excluding carboxylic acids is 1. The minimum absolute atomic E-state index is 0.0136. The molecule has 38 heavy (non-hydrogen) atoms. The molecule has 0 unspecified atom stereocenters. The predicted molar refractivity (Wildman–Crippen MR) is 138 cm³/mol. The average molecular weight is 563 g/mol. The fourth-order valence-electron chi connectivity index (χ4n) is 4.92. The molecule has 1 saturated heterocycles. The van der Waals surface area contributed by atoms with E-state index >= 15 is 0 Å². The second kappa shape index (κ2) is 9.79. The summed E-state index contributed by atoms with van der Waals surface area (Å²) < 4.78 is 38.1. The van der Waals surface area contributed by atoms with Crippen LogP contribution in [-0.2, 0) is 6.18 Å². The van der Waals surface area contributed by atoms with Crippen molar-refractivity contribution in [2.45, 2.75) is 44.9 Å². The molecule has 3 aromatic heterocycles. The van der Waals surface area contributed by atoms with Gasteiger partial charge in [-0.15, -0.1) is 29.2 Å². The van der Waals surface area contributed by atoms with Crippen molar-refractivity contribution in [2.75, 3.05) is 6.54 Å². The number of imidazole rings is 1. The molecule has 2 N–H and O–H groups in total. The molecule has 6 rings (SSSR count). The van der Waals surface area contributed by atoms with E-state index in [0.717, 1.165) is 44.0 Å². The smallest absolute Gasteiger partial charge is 0.435 e. The average Bonchev–Trinajstić information content (AvgIpc) is 3.25. The van der Waals surface area contributed by atoms with Crippen molar-refractivity contribution in [3.05, 3.63) is 69.2 Å². The van der Waals surface area contributed by atoms with Crippen molar-refractivity contribution in [1.29, 1.82) is 0 Å². The predicted octanol–water partition coefficient (Wildman–Crippen LogP) is 6.19. The number of carbonyl (C=O) groups is 2. The maximum absolute atomic E-state index is 13.1. The Morgan fingerprint density at radius 1 is 1.21 bits per heavy atom. The van der Waals surface area contributed by atoms with Gasteiger partial charge in [0, 0.05) is 23.7 Å². The fourth-order valence-corrected chi connectivity index (χ4v) is 6.54. The molecule has 1 aromatic carbocycles. The van der Waals surface area contributed by atoms with E-state index in [1.807, 2.05) is 24.0 Å². The number of halogens is 3. The van der Waals surface area contributed by atoms with Crippen LogP contribution in [-0.4, -0.2) is 54.9 Å². The number of benzene rings is 1. The first-order valence-electron chi connectivity index (χ1n) is 11.8. The van der Waals surface area contributed by atoms with Crippen LogP contribution in [0, 0.1) is 19.8 Å². The summed E-state index contributed by atoms with van der Waals surface area (Å²) in [5.74, 6) is -1.00. The summed E-state index contributed by atoms with van der Waals surface area (Å²) in [6, 6.07) is 8.65. The Morgan fingerprint density at radius 3 is 2.63 bits per heavy atom. The van der Waals surface area contributed by atoms with E-state index in [-0.39, 0.29) is 16.9 Å². The van der Waals surface area contributed by atoms with Crippen molar-refractivity contribution in [2.24, 2.45) is 5.92 Å². The topological polar surface area (TPSA) is 112 Å². The fraction of sp³-hybridized carbons (Fsp3) is 0.360. The van der Waals surface area contributed by atoms with Gasteiger partial charge >= 0.3 is 12.1 Å². The monoisotopic (exact) mass is 562 g/mol. The summed E-state index contributed by atoms with van der Waals surface area (Å²) in [6.45, 7) is 4.30. The Morgan fingerprint density at radius 2 is 1.97 bits per heavy atom. The molecule has 0 spiro atoms. The van der Waals surface area contributed by atoms with Gasteiger partial charge in [0.1, 0.15) is 5.69 Å². The summed E-state index contributed by atoms with van der Waals surface area (Å²) in [5.41, 5.74) is 8.34. The summed E-state index contributed by atoms with van der Waals surface area (Å²) >= 11 is 2.53. The van der Waals surface area contributed by atoms with Crippen molar-refractivity contribution < 1.29 is 27.9 Å². The van der Waals surface area contributed by atoms with Crippen LogP contribution in [0.1, 0.15) is 50.1 Å². The van der Waals surface area contributed by atoms with Gasteiger partial charge < -0.3 is 15.7 Å². The van der Waals surface area contributed by atoms with Crippen LogP contribution in [0.5, 0.6) is 0 Å². The molecule has 1 aliphatic heterocycles. The minimum Gasteiger partial charge on any atom is -0.676 e. The molecular weight excluding hydrogens is 539 g/mol. The molecule has 3 atom stereocenters. The molecule has 8 nitrogen and oxygen atoms in total. The largest absolute Gasteiger partial charge is 0.676 e. The lowest BCUT2D eigenvalue weighted by molar-refractivity contribution is -0.141. The van der Waals surface area contributed by atoms with Gasteiger partial charge in [0.2, 0.25) is 0 Å². The molecule has 4 aromatic rings. The minimum atomic E-state index is -4.75. The Kier molecular flexibility index (Phi) is 6.78. The zero-order chi connectivity index (χ0) is 27.4. The first kappa shape index (κ1) is 26.3. The molecular formula is C25H23F3N5O3S2-. The van der Waals surface area contributed by atoms with E-state index in [9.17, 15) is 22.8 Å². The van der Waals surface area contributed by atoms with Crippen LogP contribution < -0.4 is 0 Å². The zero-order valence-electron chi connectivity index (χ0n) is 20.3. The number of aromatic nitrogens is 3. The number of hydrogen-bond donors (Lipinski definition) is 1. The number of amides is 1. The van der Waals surface area contributed by atoms with Crippen LogP contribution in [0.3, 0.4) is 0 Å². The van der Waals surface area contributed by atoms with E-state index in [1.54, 1.807) is 11.3 Å². The molecule has 1 amide bonds. The van der Waals surface area contributed by atoms with Crippen molar-refractivity contribution in [3.8, 4) is 10.4 Å². The van der Waals surface area contributed by atoms with E-state index < -0.39 is 23.5 Å².